The average Bonchev–Trinajstić information content (AvgIpc) is 3.14. The zero-order valence-corrected chi connectivity index (χ0v) is 11.8. The molecule has 0 spiro atoms. The number of carbonyl (C=O) groups excluding carboxylic acids is 2. The molecule has 8 heteroatoms. The molecule has 1 atom stereocenters. The van der Waals surface area contributed by atoms with Crippen molar-refractivity contribution in [3.8, 4) is 0 Å². The molecule has 1 aliphatic rings. The molecule has 0 aromatic carbocycles. The highest BCUT2D eigenvalue weighted by Gasteiger charge is 2.29. The summed E-state index contributed by atoms with van der Waals surface area (Å²) in [6, 6.07) is -0.839. The van der Waals surface area contributed by atoms with Crippen molar-refractivity contribution in [1.82, 2.24) is 10.6 Å². The maximum absolute atomic E-state index is 11.5. The molecule has 19 heavy (non-hydrogen) atoms. The van der Waals surface area contributed by atoms with Gasteiger partial charge in [0, 0.05) is 25.3 Å². The van der Waals surface area contributed by atoms with Crippen LogP contribution in [0.4, 0.5) is 0 Å². The zero-order chi connectivity index (χ0) is 14.5. The Morgan fingerprint density at radius 1 is 1.26 bits per heavy atom. The lowest BCUT2D eigenvalue weighted by molar-refractivity contribution is -0.124. The molecule has 0 aromatic rings. The van der Waals surface area contributed by atoms with Gasteiger partial charge in [-0.1, -0.05) is 0 Å². The predicted octanol–water partition coefficient (Wildman–Crippen LogP) is -1.61. The Kier molecular flexibility index (Phi) is 5.74. The van der Waals surface area contributed by atoms with Crippen LogP contribution < -0.4 is 16.4 Å². The van der Waals surface area contributed by atoms with Crippen molar-refractivity contribution in [2.45, 2.75) is 25.3 Å². The van der Waals surface area contributed by atoms with E-state index in [1.54, 1.807) is 0 Å². The number of hydrogen-bond acceptors (Lipinski definition) is 5. The number of nitrogens with two attached hydrogens (primary N) is 1. The maximum Gasteiger partial charge on any atom is 0.237 e. The van der Waals surface area contributed by atoms with Crippen LogP contribution in [0.15, 0.2) is 0 Å². The van der Waals surface area contributed by atoms with Crippen LogP contribution in [0.5, 0.6) is 0 Å². The minimum absolute atomic E-state index is 0.0237. The highest BCUT2D eigenvalue weighted by Crippen LogP contribution is 2.28. The molecule has 1 unspecified atom stereocenters. The molecule has 0 bridgehead atoms. The van der Waals surface area contributed by atoms with Gasteiger partial charge in [0.25, 0.3) is 0 Å². The molecular weight excluding hydrogens is 270 g/mol. The van der Waals surface area contributed by atoms with Gasteiger partial charge in [-0.25, -0.2) is 8.42 Å². The SMILES string of the molecule is CS(=O)(=O)CCC(N)C(=O)NCCNC(=O)C1CC1. The summed E-state index contributed by atoms with van der Waals surface area (Å²) in [6.07, 6.45) is 3.08. The Hall–Kier alpha value is -1.15. The summed E-state index contributed by atoms with van der Waals surface area (Å²) in [7, 11) is -3.11. The second-order valence-corrected chi connectivity index (χ2v) is 7.14. The fourth-order valence-corrected chi connectivity index (χ4v) is 2.15. The number of carbonyl (C=O) groups is 2. The summed E-state index contributed by atoms with van der Waals surface area (Å²) in [4.78, 5) is 22.8. The van der Waals surface area contributed by atoms with Gasteiger partial charge in [-0.2, -0.15) is 0 Å². The molecule has 1 saturated carbocycles. The molecule has 0 aromatic heterocycles. The lowest BCUT2D eigenvalue weighted by atomic mass is 10.2. The lowest BCUT2D eigenvalue weighted by Crippen LogP contribution is -2.44. The third-order valence-electron chi connectivity index (χ3n) is 2.81. The van der Waals surface area contributed by atoms with E-state index in [1.165, 1.54) is 0 Å². The summed E-state index contributed by atoms with van der Waals surface area (Å²) in [5.74, 6) is -0.340. The van der Waals surface area contributed by atoms with Crippen LogP contribution in [0.1, 0.15) is 19.3 Å². The summed E-state index contributed by atoms with van der Waals surface area (Å²) in [6.45, 7) is 0.656. The summed E-state index contributed by atoms with van der Waals surface area (Å²) in [5, 5.41) is 5.26. The van der Waals surface area contributed by atoms with E-state index in [4.69, 9.17) is 5.73 Å². The van der Waals surface area contributed by atoms with Crippen LogP contribution in [-0.2, 0) is 19.4 Å². The Morgan fingerprint density at radius 3 is 2.37 bits per heavy atom. The topological polar surface area (TPSA) is 118 Å². The van der Waals surface area contributed by atoms with E-state index in [2.05, 4.69) is 10.6 Å². The van der Waals surface area contributed by atoms with E-state index < -0.39 is 21.8 Å². The predicted molar refractivity (Wildman–Crippen MR) is 71.0 cm³/mol. The first kappa shape index (κ1) is 15.9. The molecule has 0 radical (unpaired) electrons. The quantitative estimate of drug-likeness (QED) is 0.465. The fourth-order valence-electron chi connectivity index (χ4n) is 1.46. The van der Waals surface area contributed by atoms with Crippen LogP contribution in [0.25, 0.3) is 0 Å². The first-order valence-corrected chi connectivity index (χ1v) is 8.34. The van der Waals surface area contributed by atoms with Gasteiger partial charge in [-0.3, -0.25) is 9.59 Å². The molecule has 7 nitrogen and oxygen atoms in total. The van der Waals surface area contributed by atoms with Gasteiger partial charge in [0.15, 0.2) is 0 Å². The Balaban J connectivity index is 2.10. The van der Waals surface area contributed by atoms with Gasteiger partial charge in [0.1, 0.15) is 9.84 Å². The van der Waals surface area contributed by atoms with Crippen molar-refractivity contribution in [1.29, 1.82) is 0 Å². The minimum Gasteiger partial charge on any atom is -0.354 e. The Morgan fingerprint density at radius 2 is 1.84 bits per heavy atom. The van der Waals surface area contributed by atoms with Crippen LogP contribution in [0.3, 0.4) is 0 Å². The van der Waals surface area contributed by atoms with Gasteiger partial charge in [0.2, 0.25) is 11.8 Å². The van der Waals surface area contributed by atoms with E-state index in [1.807, 2.05) is 0 Å². The van der Waals surface area contributed by atoms with E-state index in [9.17, 15) is 18.0 Å². The number of nitrogens with one attached hydrogen (secondary N) is 2. The van der Waals surface area contributed by atoms with Crippen LogP contribution in [0.2, 0.25) is 0 Å². The average molecular weight is 291 g/mol. The standard InChI is InChI=1S/C11H21N3O4S/c1-19(17,18)7-4-9(12)11(16)14-6-5-13-10(15)8-2-3-8/h8-9H,2-7,12H2,1H3,(H,13,15)(H,14,16). The number of amides is 2. The summed E-state index contributed by atoms with van der Waals surface area (Å²) < 4.78 is 21.9. The fraction of sp³-hybridized carbons (Fsp3) is 0.818. The number of sulfone groups is 1. The van der Waals surface area contributed by atoms with Gasteiger partial charge < -0.3 is 16.4 Å². The lowest BCUT2D eigenvalue weighted by Gasteiger charge is -2.12. The molecule has 1 rings (SSSR count). The first-order chi connectivity index (χ1) is 8.79. The number of rotatable bonds is 8. The molecule has 1 aliphatic carbocycles. The van der Waals surface area contributed by atoms with Crippen molar-refractivity contribution < 1.29 is 18.0 Å². The largest absolute Gasteiger partial charge is 0.354 e. The van der Waals surface area contributed by atoms with Gasteiger partial charge in [-0.15, -0.1) is 0 Å². The van der Waals surface area contributed by atoms with Gasteiger partial charge >= 0.3 is 0 Å². The number of hydrogen-bond donors (Lipinski definition) is 3. The van der Waals surface area contributed by atoms with Crippen molar-refractivity contribution >= 4 is 21.7 Å². The van der Waals surface area contributed by atoms with Crippen LogP contribution >= 0.6 is 0 Å². The normalized spacial score (nSPS) is 16.7. The summed E-state index contributed by atoms with van der Waals surface area (Å²) >= 11 is 0. The van der Waals surface area contributed by atoms with Crippen molar-refractivity contribution in [3.05, 3.63) is 0 Å². The first-order valence-electron chi connectivity index (χ1n) is 6.28. The van der Waals surface area contributed by atoms with Crippen molar-refractivity contribution in [3.63, 3.8) is 0 Å². The molecular formula is C11H21N3O4S. The molecule has 1 fully saturated rings. The van der Waals surface area contributed by atoms with Crippen molar-refractivity contribution in [2.75, 3.05) is 25.1 Å². The minimum atomic E-state index is -3.11. The van der Waals surface area contributed by atoms with Gasteiger partial charge in [0.05, 0.1) is 11.8 Å². The molecule has 0 saturated heterocycles. The third kappa shape index (κ3) is 7.12. The van der Waals surface area contributed by atoms with Crippen molar-refractivity contribution in [2.24, 2.45) is 11.7 Å². The maximum atomic E-state index is 11.5. The highest BCUT2D eigenvalue weighted by atomic mass is 32.2. The second-order valence-electron chi connectivity index (χ2n) is 4.88. The van der Waals surface area contributed by atoms with E-state index in [0.29, 0.717) is 13.1 Å². The second kappa shape index (κ2) is 6.85. The highest BCUT2D eigenvalue weighted by molar-refractivity contribution is 7.90. The Labute approximate surface area is 113 Å². The third-order valence-corrected chi connectivity index (χ3v) is 3.79. The van der Waals surface area contributed by atoms with Crippen LogP contribution in [-0.4, -0.2) is 51.4 Å². The Bertz CT molecular complexity index is 431. The van der Waals surface area contributed by atoms with E-state index in [-0.39, 0.29) is 24.0 Å². The van der Waals surface area contributed by atoms with Gasteiger partial charge in [-0.05, 0) is 19.3 Å². The van der Waals surface area contributed by atoms with E-state index >= 15 is 0 Å². The molecule has 110 valence electrons. The van der Waals surface area contributed by atoms with Crippen LogP contribution in [0, 0.1) is 5.92 Å². The molecule has 0 heterocycles. The zero-order valence-electron chi connectivity index (χ0n) is 11.0. The molecule has 0 aliphatic heterocycles. The smallest absolute Gasteiger partial charge is 0.237 e. The molecule has 4 N–H and O–H groups in total. The molecule has 2 amide bonds. The van der Waals surface area contributed by atoms with E-state index in [0.717, 1.165) is 19.1 Å². The summed E-state index contributed by atoms with van der Waals surface area (Å²) in [5.41, 5.74) is 5.56. The monoisotopic (exact) mass is 291 g/mol.